The van der Waals surface area contributed by atoms with E-state index in [9.17, 15) is 0 Å². The van der Waals surface area contributed by atoms with Gasteiger partial charge in [0.1, 0.15) is 0 Å². The maximum Gasteiger partial charge on any atom is -0.0474 e. The van der Waals surface area contributed by atoms with Crippen LogP contribution in [0.1, 0.15) is 92.9 Å². The zero-order chi connectivity index (χ0) is 12.8. The smallest absolute Gasteiger partial charge is 0.0474 e. The molecule has 0 atom stereocenters. The molecule has 0 saturated heterocycles. The molecular weight excluding hydrogens is 192 g/mol. The highest BCUT2D eigenvalue weighted by Gasteiger charge is 1.95. The van der Waals surface area contributed by atoms with E-state index in [0.717, 1.165) is 11.8 Å². The summed E-state index contributed by atoms with van der Waals surface area (Å²) >= 11 is 0. The van der Waals surface area contributed by atoms with Crippen molar-refractivity contribution in [2.75, 3.05) is 0 Å². The van der Waals surface area contributed by atoms with Gasteiger partial charge in [-0.2, -0.15) is 0 Å². The molecule has 100 valence electrons. The van der Waals surface area contributed by atoms with Crippen molar-refractivity contribution in [1.82, 2.24) is 0 Å². The fraction of sp³-hybridized carbons (Fsp3) is 1.00. The Labute approximate surface area is 105 Å². The van der Waals surface area contributed by atoms with Crippen LogP contribution in [0.3, 0.4) is 0 Å². The first kappa shape index (κ1) is 18.4. The van der Waals surface area contributed by atoms with Gasteiger partial charge in [0.25, 0.3) is 0 Å². The van der Waals surface area contributed by atoms with Crippen molar-refractivity contribution in [2.45, 2.75) is 92.9 Å². The van der Waals surface area contributed by atoms with E-state index >= 15 is 0 Å². The van der Waals surface area contributed by atoms with Gasteiger partial charge in [-0.25, -0.2) is 0 Å². The maximum atomic E-state index is 2.22. The lowest BCUT2D eigenvalue weighted by molar-refractivity contribution is 0.504. The zero-order valence-corrected chi connectivity index (χ0v) is 12.8. The van der Waals surface area contributed by atoms with Crippen molar-refractivity contribution in [3.8, 4) is 0 Å². The molecule has 0 aromatic carbocycles. The van der Waals surface area contributed by atoms with Crippen LogP contribution in [0.4, 0.5) is 0 Å². The highest BCUT2D eigenvalue weighted by atomic mass is 14.0. The van der Waals surface area contributed by atoms with E-state index in [1.165, 1.54) is 51.4 Å². The molecule has 16 heavy (non-hydrogen) atoms. The molecule has 0 aromatic rings. The highest BCUT2D eigenvalue weighted by molar-refractivity contribution is 4.51. The van der Waals surface area contributed by atoms with E-state index in [1.54, 1.807) is 0 Å². The van der Waals surface area contributed by atoms with Gasteiger partial charge in [-0.3, -0.25) is 0 Å². The molecule has 0 heterocycles. The third-order valence-corrected chi connectivity index (χ3v) is 3.13. The summed E-state index contributed by atoms with van der Waals surface area (Å²) in [7, 11) is 0. The average molecular weight is 228 g/mol. The van der Waals surface area contributed by atoms with Crippen molar-refractivity contribution >= 4 is 0 Å². The van der Waals surface area contributed by atoms with E-state index in [2.05, 4.69) is 41.5 Å². The van der Waals surface area contributed by atoms with Crippen molar-refractivity contribution in [3.63, 3.8) is 0 Å². The van der Waals surface area contributed by atoms with Gasteiger partial charge in [-0.05, 0) is 11.8 Å². The molecule has 1 aliphatic carbocycles. The monoisotopic (exact) mass is 228 g/mol. The SMILES string of the molecule is C1CCCCC1.CCC(C)C.CCC(C)C. The number of hydrogen-bond acceptors (Lipinski definition) is 0. The lowest BCUT2D eigenvalue weighted by atomic mass is 10.0. The van der Waals surface area contributed by atoms with Crippen LogP contribution < -0.4 is 0 Å². The minimum atomic E-state index is 0.884. The Morgan fingerprint density at radius 3 is 0.750 bits per heavy atom. The predicted octanol–water partition coefficient (Wildman–Crippen LogP) is 6.45. The van der Waals surface area contributed by atoms with Crippen LogP contribution in [0.5, 0.6) is 0 Å². The Bertz CT molecular complexity index is 79.1. The van der Waals surface area contributed by atoms with Gasteiger partial charge >= 0.3 is 0 Å². The minimum absolute atomic E-state index is 0.884. The summed E-state index contributed by atoms with van der Waals surface area (Å²) in [5.41, 5.74) is 0. The quantitative estimate of drug-likeness (QED) is 0.510. The fourth-order valence-corrected chi connectivity index (χ4v) is 1.06. The van der Waals surface area contributed by atoms with E-state index in [0.29, 0.717) is 0 Å². The Hall–Kier alpha value is 0. The van der Waals surface area contributed by atoms with Crippen LogP contribution in [-0.2, 0) is 0 Å². The highest BCUT2D eigenvalue weighted by Crippen LogP contribution is 2.15. The normalized spacial score (nSPS) is 15.0. The van der Waals surface area contributed by atoms with E-state index in [1.807, 2.05) is 0 Å². The van der Waals surface area contributed by atoms with Gasteiger partial charge in [0, 0.05) is 0 Å². The molecule has 1 aliphatic rings. The molecule has 0 radical (unpaired) electrons. The molecule has 0 bridgehead atoms. The summed E-state index contributed by atoms with van der Waals surface area (Å²) in [6.07, 6.45) is 11.6. The van der Waals surface area contributed by atoms with Gasteiger partial charge in [0.2, 0.25) is 0 Å². The van der Waals surface area contributed by atoms with Crippen LogP contribution in [0.2, 0.25) is 0 Å². The molecule has 0 nitrogen and oxygen atoms in total. The lowest BCUT2D eigenvalue weighted by Crippen LogP contribution is -1.85. The average Bonchev–Trinajstić information content (AvgIpc) is 2.32. The van der Waals surface area contributed by atoms with Gasteiger partial charge < -0.3 is 0 Å². The van der Waals surface area contributed by atoms with Crippen LogP contribution in [-0.4, -0.2) is 0 Å². The molecule has 0 heteroatoms. The summed E-state index contributed by atoms with van der Waals surface area (Å²) in [4.78, 5) is 0. The molecule has 0 amide bonds. The first-order valence-electron chi connectivity index (χ1n) is 7.54. The molecule has 0 spiro atoms. The van der Waals surface area contributed by atoms with E-state index < -0.39 is 0 Å². The second-order valence-electron chi connectivity index (χ2n) is 5.73. The van der Waals surface area contributed by atoms with Crippen LogP contribution >= 0.6 is 0 Å². The minimum Gasteiger partial charge on any atom is -0.0651 e. The summed E-state index contributed by atoms with van der Waals surface area (Å²) in [6.45, 7) is 13.3. The molecule has 0 N–H and O–H groups in total. The Morgan fingerprint density at radius 2 is 0.688 bits per heavy atom. The molecule has 0 aliphatic heterocycles. The Morgan fingerprint density at radius 1 is 0.562 bits per heavy atom. The third kappa shape index (κ3) is 23.7. The summed E-state index contributed by atoms with van der Waals surface area (Å²) in [6, 6.07) is 0. The van der Waals surface area contributed by atoms with Crippen molar-refractivity contribution < 1.29 is 0 Å². The third-order valence-electron chi connectivity index (χ3n) is 3.13. The van der Waals surface area contributed by atoms with Gasteiger partial charge in [0.15, 0.2) is 0 Å². The molecule has 0 unspecified atom stereocenters. The van der Waals surface area contributed by atoms with Crippen LogP contribution in [0.25, 0.3) is 0 Å². The molecule has 1 rings (SSSR count). The summed E-state index contributed by atoms with van der Waals surface area (Å²) in [5, 5.41) is 0. The predicted molar refractivity (Wildman–Crippen MR) is 78.0 cm³/mol. The zero-order valence-electron chi connectivity index (χ0n) is 12.8. The topological polar surface area (TPSA) is 0 Å². The Kier molecular flexibility index (Phi) is 17.2. The van der Waals surface area contributed by atoms with Crippen molar-refractivity contribution in [2.24, 2.45) is 11.8 Å². The fourth-order valence-electron chi connectivity index (χ4n) is 1.06. The second-order valence-corrected chi connectivity index (χ2v) is 5.73. The van der Waals surface area contributed by atoms with Gasteiger partial charge in [0.05, 0.1) is 0 Å². The van der Waals surface area contributed by atoms with E-state index in [-0.39, 0.29) is 0 Å². The van der Waals surface area contributed by atoms with Crippen LogP contribution in [0, 0.1) is 11.8 Å². The molecular formula is C16H36. The second kappa shape index (κ2) is 15.0. The first-order chi connectivity index (χ1) is 7.54. The number of rotatable bonds is 2. The molecule has 1 fully saturated rings. The first-order valence-corrected chi connectivity index (χ1v) is 7.54. The van der Waals surface area contributed by atoms with Crippen molar-refractivity contribution in [1.29, 1.82) is 0 Å². The summed E-state index contributed by atoms with van der Waals surface area (Å²) in [5.74, 6) is 1.77. The van der Waals surface area contributed by atoms with Gasteiger partial charge in [-0.1, -0.05) is 92.9 Å². The van der Waals surface area contributed by atoms with E-state index in [4.69, 9.17) is 0 Å². The molecule has 1 saturated carbocycles. The Balaban J connectivity index is 0. The van der Waals surface area contributed by atoms with Crippen LogP contribution in [0.15, 0.2) is 0 Å². The maximum absolute atomic E-state index is 2.22. The van der Waals surface area contributed by atoms with Gasteiger partial charge in [-0.15, -0.1) is 0 Å². The number of hydrogen-bond donors (Lipinski definition) is 0. The summed E-state index contributed by atoms with van der Waals surface area (Å²) < 4.78 is 0. The largest absolute Gasteiger partial charge is 0.0651 e. The lowest BCUT2D eigenvalue weighted by Gasteiger charge is -2.05. The standard InChI is InChI=1S/C6H12.2C5H12/c1-2-4-6-5-3-1;2*1-4-5(2)3/h1-6H2;2*5H,4H2,1-3H3. The van der Waals surface area contributed by atoms with Crippen molar-refractivity contribution in [3.05, 3.63) is 0 Å². The molecule has 0 aromatic heterocycles.